The van der Waals surface area contributed by atoms with Crippen LogP contribution in [0.4, 0.5) is 0 Å². The molecule has 1 aliphatic rings. The second kappa shape index (κ2) is 5.44. The minimum absolute atomic E-state index is 0.0903. The van der Waals surface area contributed by atoms with Gasteiger partial charge in [-0.3, -0.25) is 9.59 Å². The molecule has 1 amide bonds. The number of amides is 1. The van der Waals surface area contributed by atoms with E-state index in [1.807, 2.05) is 38.1 Å². The summed E-state index contributed by atoms with van der Waals surface area (Å²) < 4.78 is 0. The molecule has 0 radical (unpaired) electrons. The first-order valence-corrected chi connectivity index (χ1v) is 6.94. The second-order valence-electron chi connectivity index (χ2n) is 5.91. The lowest BCUT2D eigenvalue weighted by Crippen LogP contribution is -2.38. The first-order valence-electron chi connectivity index (χ1n) is 6.56. The number of nitrogens with zero attached hydrogens (tertiary/aromatic N) is 1. The number of carboxylic acids is 1. The molecule has 1 atom stereocenters. The van der Waals surface area contributed by atoms with Crippen molar-refractivity contribution in [1.82, 2.24) is 4.90 Å². The number of benzene rings is 1. The fourth-order valence-corrected chi connectivity index (χ4v) is 2.76. The van der Waals surface area contributed by atoms with Gasteiger partial charge in [0.25, 0.3) is 0 Å². The lowest BCUT2D eigenvalue weighted by atomic mass is 9.84. The average Bonchev–Trinajstić information content (AvgIpc) is 2.70. The SMILES string of the molecule is CC(C)(CN1CC(C(=O)O)CC1=O)c1cccc(Cl)c1. The number of aliphatic carboxylic acids is 1. The van der Waals surface area contributed by atoms with Crippen LogP contribution in [0.2, 0.25) is 5.02 Å². The van der Waals surface area contributed by atoms with E-state index in [-0.39, 0.29) is 24.3 Å². The molecule has 0 bridgehead atoms. The molecule has 0 aliphatic carbocycles. The predicted molar refractivity (Wildman–Crippen MR) is 76.8 cm³/mol. The van der Waals surface area contributed by atoms with Gasteiger partial charge < -0.3 is 10.0 Å². The zero-order chi connectivity index (χ0) is 14.9. The number of hydrogen-bond acceptors (Lipinski definition) is 2. The van der Waals surface area contributed by atoms with Crippen LogP contribution in [0.15, 0.2) is 24.3 Å². The molecular formula is C15H18ClNO3. The summed E-state index contributed by atoms with van der Waals surface area (Å²) in [5.41, 5.74) is 0.769. The molecule has 2 rings (SSSR count). The van der Waals surface area contributed by atoms with E-state index >= 15 is 0 Å². The van der Waals surface area contributed by atoms with Crippen molar-refractivity contribution in [3.05, 3.63) is 34.9 Å². The van der Waals surface area contributed by atoms with E-state index in [0.29, 0.717) is 11.6 Å². The van der Waals surface area contributed by atoms with E-state index in [9.17, 15) is 9.59 Å². The van der Waals surface area contributed by atoms with Crippen LogP contribution < -0.4 is 0 Å². The normalized spacial score (nSPS) is 19.4. The van der Waals surface area contributed by atoms with Crippen molar-refractivity contribution >= 4 is 23.5 Å². The Kier molecular flexibility index (Phi) is 4.04. The first-order chi connectivity index (χ1) is 9.29. The van der Waals surface area contributed by atoms with Gasteiger partial charge in [0.05, 0.1) is 5.92 Å². The Balaban J connectivity index is 2.12. The van der Waals surface area contributed by atoms with Crippen molar-refractivity contribution in [2.75, 3.05) is 13.1 Å². The highest BCUT2D eigenvalue weighted by atomic mass is 35.5. The third-order valence-electron chi connectivity index (χ3n) is 3.76. The summed E-state index contributed by atoms with van der Waals surface area (Å²) in [7, 11) is 0. The van der Waals surface area contributed by atoms with Crippen molar-refractivity contribution in [3.63, 3.8) is 0 Å². The smallest absolute Gasteiger partial charge is 0.308 e. The Morgan fingerprint density at radius 2 is 2.20 bits per heavy atom. The molecule has 108 valence electrons. The van der Waals surface area contributed by atoms with Crippen molar-refractivity contribution in [3.8, 4) is 0 Å². The highest BCUT2D eigenvalue weighted by Crippen LogP contribution is 2.29. The Morgan fingerprint density at radius 3 is 2.75 bits per heavy atom. The number of carbonyl (C=O) groups is 2. The molecule has 1 unspecified atom stereocenters. The van der Waals surface area contributed by atoms with E-state index in [1.54, 1.807) is 4.90 Å². The van der Waals surface area contributed by atoms with E-state index < -0.39 is 11.9 Å². The Morgan fingerprint density at radius 1 is 1.50 bits per heavy atom. The van der Waals surface area contributed by atoms with Gasteiger partial charge in [0.2, 0.25) is 5.91 Å². The number of likely N-dealkylation sites (tertiary alicyclic amines) is 1. The van der Waals surface area contributed by atoms with Crippen LogP contribution in [0, 0.1) is 5.92 Å². The molecule has 1 aliphatic heterocycles. The van der Waals surface area contributed by atoms with Gasteiger partial charge in [-0.25, -0.2) is 0 Å². The number of hydrogen-bond donors (Lipinski definition) is 1. The highest BCUT2D eigenvalue weighted by molar-refractivity contribution is 6.30. The van der Waals surface area contributed by atoms with Crippen molar-refractivity contribution in [1.29, 1.82) is 0 Å². The molecule has 5 heteroatoms. The summed E-state index contributed by atoms with van der Waals surface area (Å²) in [6, 6.07) is 7.55. The molecule has 0 spiro atoms. The maximum absolute atomic E-state index is 11.9. The van der Waals surface area contributed by atoms with Gasteiger partial charge in [-0.15, -0.1) is 0 Å². The molecule has 0 saturated carbocycles. The van der Waals surface area contributed by atoms with E-state index in [4.69, 9.17) is 16.7 Å². The van der Waals surface area contributed by atoms with Gasteiger partial charge in [0.15, 0.2) is 0 Å². The molecule has 1 aromatic rings. The minimum atomic E-state index is -0.901. The molecular weight excluding hydrogens is 278 g/mol. The monoisotopic (exact) mass is 295 g/mol. The second-order valence-corrected chi connectivity index (χ2v) is 6.34. The van der Waals surface area contributed by atoms with Crippen molar-refractivity contribution < 1.29 is 14.7 Å². The molecule has 0 aromatic heterocycles. The number of carbonyl (C=O) groups excluding carboxylic acids is 1. The van der Waals surface area contributed by atoms with Crippen LogP contribution in [0.5, 0.6) is 0 Å². The molecule has 1 heterocycles. The van der Waals surface area contributed by atoms with Crippen LogP contribution in [-0.4, -0.2) is 35.0 Å². The lowest BCUT2D eigenvalue weighted by Gasteiger charge is -2.31. The lowest BCUT2D eigenvalue weighted by molar-refractivity contribution is -0.141. The Labute approximate surface area is 123 Å². The summed E-state index contributed by atoms with van der Waals surface area (Å²) >= 11 is 6.00. The standard InChI is InChI=1S/C15H18ClNO3/c1-15(2,11-4-3-5-12(16)7-11)9-17-8-10(14(19)20)6-13(17)18/h3-5,7,10H,6,8-9H2,1-2H3,(H,19,20). The van der Waals surface area contributed by atoms with Crippen LogP contribution in [-0.2, 0) is 15.0 Å². The summed E-state index contributed by atoms with van der Waals surface area (Å²) in [5, 5.41) is 9.66. The number of halogens is 1. The molecule has 20 heavy (non-hydrogen) atoms. The summed E-state index contributed by atoms with van der Waals surface area (Å²) in [6.07, 6.45) is 0.0982. The van der Waals surface area contributed by atoms with Crippen molar-refractivity contribution in [2.24, 2.45) is 5.92 Å². The average molecular weight is 296 g/mol. The largest absolute Gasteiger partial charge is 0.481 e. The molecule has 1 aromatic carbocycles. The predicted octanol–water partition coefficient (Wildman–Crippen LogP) is 2.55. The van der Waals surface area contributed by atoms with Gasteiger partial charge in [0.1, 0.15) is 0 Å². The number of rotatable bonds is 4. The van der Waals surface area contributed by atoms with E-state index in [0.717, 1.165) is 5.56 Å². The molecule has 4 nitrogen and oxygen atoms in total. The fraction of sp³-hybridized carbons (Fsp3) is 0.467. The van der Waals surface area contributed by atoms with E-state index in [1.165, 1.54) is 0 Å². The quantitative estimate of drug-likeness (QED) is 0.929. The van der Waals surface area contributed by atoms with Gasteiger partial charge in [-0.2, -0.15) is 0 Å². The fourth-order valence-electron chi connectivity index (χ4n) is 2.57. The zero-order valence-electron chi connectivity index (χ0n) is 11.6. The van der Waals surface area contributed by atoms with Gasteiger partial charge in [-0.05, 0) is 17.7 Å². The Bertz CT molecular complexity index is 542. The van der Waals surface area contributed by atoms with Gasteiger partial charge >= 0.3 is 5.97 Å². The number of carboxylic acid groups (broad SMARTS) is 1. The molecule has 1 saturated heterocycles. The van der Waals surface area contributed by atoms with Crippen LogP contribution in [0.3, 0.4) is 0 Å². The molecule has 1 N–H and O–H groups in total. The zero-order valence-corrected chi connectivity index (χ0v) is 12.4. The highest BCUT2D eigenvalue weighted by Gasteiger charge is 2.37. The summed E-state index contributed by atoms with van der Waals surface area (Å²) in [6.45, 7) is 4.84. The Hall–Kier alpha value is -1.55. The van der Waals surface area contributed by atoms with Crippen LogP contribution in [0.25, 0.3) is 0 Å². The van der Waals surface area contributed by atoms with Crippen LogP contribution >= 0.6 is 11.6 Å². The van der Waals surface area contributed by atoms with Crippen LogP contribution in [0.1, 0.15) is 25.8 Å². The maximum Gasteiger partial charge on any atom is 0.308 e. The van der Waals surface area contributed by atoms with Crippen molar-refractivity contribution in [2.45, 2.75) is 25.7 Å². The minimum Gasteiger partial charge on any atom is -0.481 e. The topological polar surface area (TPSA) is 57.6 Å². The third kappa shape index (κ3) is 3.12. The molecule has 1 fully saturated rings. The van der Waals surface area contributed by atoms with Gasteiger partial charge in [-0.1, -0.05) is 37.6 Å². The maximum atomic E-state index is 11.9. The van der Waals surface area contributed by atoms with Gasteiger partial charge in [0, 0.05) is 29.9 Å². The third-order valence-corrected chi connectivity index (χ3v) is 3.99. The van der Waals surface area contributed by atoms with E-state index in [2.05, 4.69) is 0 Å². The summed E-state index contributed by atoms with van der Waals surface area (Å²) in [4.78, 5) is 24.5. The summed E-state index contributed by atoms with van der Waals surface area (Å²) in [5.74, 6) is -1.58. The first kappa shape index (κ1) is 14.9.